The number of fused-ring (bicyclic) bond motifs is 1. The average Bonchev–Trinajstić information content (AvgIpc) is 3.14. The first-order valence-electron chi connectivity index (χ1n) is 9.93. The van der Waals surface area contributed by atoms with E-state index >= 15 is 0 Å². The van der Waals surface area contributed by atoms with Crippen molar-refractivity contribution in [1.29, 1.82) is 0 Å². The standard InChI is InChI=1S/C22H27N5O3/c1-13(2)19-10-17(18-11-23-27(14(3)4)21(18)24-19)22(29)26-25-20(28)12-30-16-8-6-7-15(5)9-16/h6-11,13-14H,12H2,1-5H3,(H,25,28)(H,26,29). The van der Waals surface area contributed by atoms with Crippen LogP contribution in [0.25, 0.3) is 11.0 Å². The maximum atomic E-state index is 12.8. The smallest absolute Gasteiger partial charge is 0.276 e. The molecule has 3 rings (SSSR count). The number of benzene rings is 1. The van der Waals surface area contributed by atoms with Gasteiger partial charge in [0.2, 0.25) is 0 Å². The first-order chi connectivity index (χ1) is 14.3. The summed E-state index contributed by atoms with van der Waals surface area (Å²) in [5.41, 5.74) is 7.73. The van der Waals surface area contributed by atoms with Gasteiger partial charge in [0.05, 0.1) is 17.1 Å². The van der Waals surface area contributed by atoms with Gasteiger partial charge < -0.3 is 4.74 Å². The van der Waals surface area contributed by atoms with E-state index in [4.69, 9.17) is 4.74 Å². The van der Waals surface area contributed by atoms with E-state index in [2.05, 4.69) is 20.9 Å². The largest absolute Gasteiger partial charge is 0.484 e. The minimum atomic E-state index is -0.461. The quantitative estimate of drug-likeness (QED) is 0.609. The Balaban J connectivity index is 1.72. The summed E-state index contributed by atoms with van der Waals surface area (Å²) in [6.07, 6.45) is 1.63. The molecule has 2 N–H and O–H groups in total. The van der Waals surface area contributed by atoms with Gasteiger partial charge in [-0.3, -0.25) is 20.4 Å². The van der Waals surface area contributed by atoms with Crippen LogP contribution in [-0.2, 0) is 4.79 Å². The van der Waals surface area contributed by atoms with Crippen molar-refractivity contribution >= 4 is 22.8 Å². The van der Waals surface area contributed by atoms with Crippen LogP contribution in [0.2, 0.25) is 0 Å². The van der Waals surface area contributed by atoms with Gasteiger partial charge in [0.15, 0.2) is 12.3 Å². The number of aryl methyl sites for hydroxylation is 1. The lowest BCUT2D eigenvalue weighted by atomic mass is 10.1. The highest BCUT2D eigenvalue weighted by molar-refractivity contribution is 6.06. The van der Waals surface area contributed by atoms with E-state index in [1.807, 2.05) is 52.8 Å². The lowest BCUT2D eigenvalue weighted by Crippen LogP contribution is -2.44. The topological polar surface area (TPSA) is 98.1 Å². The Labute approximate surface area is 175 Å². The Bertz CT molecular complexity index is 1070. The number of hydrogen-bond acceptors (Lipinski definition) is 5. The molecule has 3 aromatic rings. The van der Waals surface area contributed by atoms with Crippen molar-refractivity contribution in [1.82, 2.24) is 25.6 Å². The first kappa shape index (κ1) is 21.3. The van der Waals surface area contributed by atoms with Crippen LogP contribution in [0.1, 0.15) is 61.3 Å². The number of carbonyl (C=O) groups is 2. The van der Waals surface area contributed by atoms with E-state index in [0.29, 0.717) is 22.3 Å². The van der Waals surface area contributed by atoms with Crippen molar-refractivity contribution in [2.45, 2.75) is 46.6 Å². The van der Waals surface area contributed by atoms with Gasteiger partial charge in [-0.05, 0) is 50.5 Å². The van der Waals surface area contributed by atoms with Gasteiger partial charge in [-0.25, -0.2) is 9.67 Å². The summed E-state index contributed by atoms with van der Waals surface area (Å²) in [4.78, 5) is 29.6. The van der Waals surface area contributed by atoms with E-state index in [1.165, 1.54) is 0 Å². The van der Waals surface area contributed by atoms with Crippen molar-refractivity contribution in [3.05, 3.63) is 53.3 Å². The Morgan fingerprint density at radius 2 is 1.90 bits per heavy atom. The number of carbonyl (C=O) groups excluding carboxylic acids is 2. The summed E-state index contributed by atoms with van der Waals surface area (Å²) >= 11 is 0. The van der Waals surface area contributed by atoms with Gasteiger partial charge >= 0.3 is 0 Å². The third-order valence-corrected chi connectivity index (χ3v) is 4.59. The Hall–Kier alpha value is -3.42. The predicted molar refractivity (Wildman–Crippen MR) is 114 cm³/mol. The highest BCUT2D eigenvalue weighted by Gasteiger charge is 2.19. The van der Waals surface area contributed by atoms with Crippen LogP contribution >= 0.6 is 0 Å². The number of nitrogens with one attached hydrogen (secondary N) is 2. The number of rotatable bonds is 6. The van der Waals surface area contributed by atoms with E-state index in [0.717, 1.165) is 11.3 Å². The van der Waals surface area contributed by atoms with E-state index < -0.39 is 11.8 Å². The van der Waals surface area contributed by atoms with Gasteiger partial charge in [0.1, 0.15) is 5.75 Å². The maximum Gasteiger partial charge on any atom is 0.276 e. The lowest BCUT2D eigenvalue weighted by Gasteiger charge is -2.13. The van der Waals surface area contributed by atoms with Crippen LogP contribution in [0, 0.1) is 6.92 Å². The Morgan fingerprint density at radius 3 is 2.57 bits per heavy atom. The fourth-order valence-corrected chi connectivity index (χ4v) is 2.98. The minimum Gasteiger partial charge on any atom is -0.484 e. The number of aromatic nitrogens is 3. The second-order valence-corrected chi connectivity index (χ2v) is 7.78. The van der Waals surface area contributed by atoms with Crippen LogP contribution in [0.15, 0.2) is 36.5 Å². The van der Waals surface area contributed by atoms with Gasteiger partial charge in [-0.2, -0.15) is 5.10 Å². The molecular weight excluding hydrogens is 382 g/mol. The zero-order valence-corrected chi connectivity index (χ0v) is 17.9. The molecule has 0 aliphatic heterocycles. The highest BCUT2D eigenvalue weighted by atomic mass is 16.5. The third-order valence-electron chi connectivity index (χ3n) is 4.59. The molecule has 2 aromatic heterocycles. The molecule has 158 valence electrons. The molecule has 0 unspecified atom stereocenters. The van der Waals surface area contributed by atoms with Gasteiger partial charge in [0.25, 0.3) is 11.8 Å². The fourth-order valence-electron chi connectivity index (χ4n) is 2.98. The second-order valence-electron chi connectivity index (χ2n) is 7.78. The SMILES string of the molecule is Cc1cccc(OCC(=O)NNC(=O)c2cc(C(C)C)nc3c2cnn3C(C)C)c1. The number of pyridine rings is 1. The fraction of sp³-hybridized carbons (Fsp3) is 0.364. The van der Waals surface area contributed by atoms with E-state index in [9.17, 15) is 9.59 Å². The number of hydrogen-bond donors (Lipinski definition) is 2. The molecule has 8 nitrogen and oxygen atoms in total. The molecule has 0 atom stereocenters. The predicted octanol–water partition coefficient (Wildman–Crippen LogP) is 3.28. The number of nitrogens with zero attached hydrogens (tertiary/aromatic N) is 3. The van der Waals surface area contributed by atoms with Crippen LogP contribution in [0.3, 0.4) is 0 Å². The van der Waals surface area contributed by atoms with E-state index in [1.54, 1.807) is 23.0 Å². The normalized spacial score (nSPS) is 11.2. The lowest BCUT2D eigenvalue weighted by molar-refractivity contribution is -0.123. The van der Waals surface area contributed by atoms with Crippen LogP contribution < -0.4 is 15.6 Å². The summed E-state index contributed by atoms with van der Waals surface area (Å²) in [6.45, 7) is 9.76. The van der Waals surface area contributed by atoms with Crippen molar-refractivity contribution < 1.29 is 14.3 Å². The minimum absolute atomic E-state index is 0.104. The summed E-state index contributed by atoms with van der Waals surface area (Å²) < 4.78 is 7.23. The molecule has 0 spiro atoms. The Kier molecular flexibility index (Phi) is 6.34. The average molecular weight is 409 g/mol. The highest BCUT2D eigenvalue weighted by Crippen LogP contribution is 2.24. The summed E-state index contributed by atoms with van der Waals surface area (Å²) in [6, 6.07) is 9.24. The molecule has 1 aromatic carbocycles. The number of hydrazine groups is 1. The zero-order chi connectivity index (χ0) is 21.8. The molecule has 2 heterocycles. The monoisotopic (exact) mass is 409 g/mol. The molecule has 30 heavy (non-hydrogen) atoms. The van der Waals surface area contributed by atoms with Gasteiger partial charge in [-0.15, -0.1) is 0 Å². The number of amides is 2. The summed E-state index contributed by atoms with van der Waals surface area (Å²) in [5.74, 6) is -0.169. The molecule has 0 radical (unpaired) electrons. The van der Waals surface area contributed by atoms with Gasteiger partial charge in [-0.1, -0.05) is 26.0 Å². The van der Waals surface area contributed by atoms with Crippen molar-refractivity contribution in [2.75, 3.05) is 6.61 Å². The van der Waals surface area contributed by atoms with Gasteiger partial charge in [0, 0.05) is 11.7 Å². The van der Waals surface area contributed by atoms with Crippen molar-refractivity contribution in [3.8, 4) is 5.75 Å². The molecule has 0 saturated carbocycles. The molecule has 8 heteroatoms. The molecule has 0 fully saturated rings. The molecular formula is C22H27N5O3. The third kappa shape index (κ3) is 4.76. The Morgan fingerprint density at radius 1 is 1.13 bits per heavy atom. The molecule has 0 aliphatic carbocycles. The molecule has 0 aliphatic rings. The van der Waals surface area contributed by atoms with Crippen LogP contribution in [0.4, 0.5) is 0 Å². The molecule has 0 bridgehead atoms. The second kappa shape index (κ2) is 8.94. The number of ether oxygens (including phenoxy) is 1. The van der Waals surface area contributed by atoms with Crippen LogP contribution in [0.5, 0.6) is 5.75 Å². The first-order valence-corrected chi connectivity index (χ1v) is 9.93. The maximum absolute atomic E-state index is 12.8. The summed E-state index contributed by atoms with van der Waals surface area (Å²) in [7, 11) is 0. The zero-order valence-electron chi connectivity index (χ0n) is 17.9. The van der Waals surface area contributed by atoms with E-state index in [-0.39, 0.29) is 18.6 Å². The molecule has 0 saturated heterocycles. The van der Waals surface area contributed by atoms with Crippen molar-refractivity contribution in [3.63, 3.8) is 0 Å². The molecule has 2 amide bonds. The summed E-state index contributed by atoms with van der Waals surface area (Å²) in [5, 5.41) is 5.01. The van der Waals surface area contributed by atoms with Crippen molar-refractivity contribution in [2.24, 2.45) is 0 Å². The van der Waals surface area contributed by atoms with Crippen LogP contribution in [-0.4, -0.2) is 33.2 Å².